The first-order valence-electron chi connectivity index (χ1n) is 8.12. The highest BCUT2D eigenvalue weighted by Gasteiger charge is 2.22. The molecular formula is C19H20N2O2S. The molecule has 1 aliphatic rings. The fourth-order valence-corrected chi connectivity index (χ4v) is 3.80. The van der Waals surface area contributed by atoms with E-state index in [9.17, 15) is 0 Å². The van der Waals surface area contributed by atoms with Gasteiger partial charge in [0, 0.05) is 24.7 Å². The summed E-state index contributed by atoms with van der Waals surface area (Å²) in [5.74, 6) is 0.888. The Hall–Kier alpha value is -1.95. The molecule has 0 bridgehead atoms. The Kier molecular flexibility index (Phi) is 4.47. The molecule has 0 saturated carbocycles. The number of benzene rings is 2. The number of aromatic nitrogens is 1. The van der Waals surface area contributed by atoms with Crippen molar-refractivity contribution in [1.29, 1.82) is 0 Å². The molecule has 0 spiro atoms. The summed E-state index contributed by atoms with van der Waals surface area (Å²) in [4.78, 5) is 6.81. The molecule has 2 heterocycles. The lowest BCUT2D eigenvalue weighted by Gasteiger charge is -2.32. The first-order chi connectivity index (χ1) is 11.8. The minimum absolute atomic E-state index is 0.116. The van der Waals surface area contributed by atoms with Gasteiger partial charge in [-0.1, -0.05) is 18.2 Å². The van der Waals surface area contributed by atoms with Gasteiger partial charge in [0.25, 0.3) is 0 Å². The van der Waals surface area contributed by atoms with Gasteiger partial charge in [0.2, 0.25) is 0 Å². The molecule has 1 atom stereocenters. The molecule has 1 aliphatic heterocycles. The normalized spacial score (nSPS) is 18.8. The third-order valence-electron chi connectivity index (χ3n) is 4.44. The van der Waals surface area contributed by atoms with Crippen LogP contribution >= 0.6 is 11.3 Å². The van der Waals surface area contributed by atoms with E-state index in [4.69, 9.17) is 9.47 Å². The van der Waals surface area contributed by atoms with Crippen LogP contribution < -0.4 is 4.74 Å². The molecule has 0 amide bonds. The molecule has 0 N–H and O–H groups in total. The fourth-order valence-electron chi connectivity index (χ4n) is 3.14. The monoisotopic (exact) mass is 340 g/mol. The number of rotatable bonds is 4. The second-order valence-electron chi connectivity index (χ2n) is 5.99. The summed E-state index contributed by atoms with van der Waals surface area (Å²) in [5.41, 5.74) is 1.23. The Bertz CT molecular complexity index is 819. The maximum absolute atomic E-state index is 6.02. The number of fused-ring (bicyclic) bond motifs is 1. The number of methoxy groups -OCH3 is 1. The Morgan fingerprint density at radius 1 is 1.25 bits per heavy atom. The fraction of sp³-hybridized carbons (Fsp3) is 0.316. The van der Waals surface area contributed by atoms with Crippen LogP contribution in [0.25, 0.3) is 10.8 Å². The van der Waals surface area contributed by atoms with Crippen molar-refractivity contribution in [3.8, 4) is 5.75 Å². The summed E-state index contributed by atoms with van der Waals surface area (Å²) in [6.07, 6.45) is 1.99. The summed E-state index contributed by atoms with van der Waals surface area (Å²) < 4.78 is 11.3. The summed E-state index contributed by atoms with van der Waals surface area (Å²) in [7, 11) is 1.70. The second-order valence-corrected chi connectivity index (χ2v) is 6.97. The van der Waals surface area contributed by atoms with Crippen molar-refractivity contribution in [2.45, 2.75) is 12.6 Å². The van der Waals surface area contributed by atoms with Crippen molar-refractivity contribution in [2.24, 2.45) is 0 Å². The largest absolute Gasteiger partial charge is 0.497 e. The predicted molar refractivity (Wildman–Crippen MR) is 96.6 cm³/mol. The molecule has 0 radical (unpaired) electrons. The molecule has 4 nitrogen and oxygen atoms in total. The van der Waals surface area contributed by atoms with E-state index in [1.54, 1.807) is 18.4 Å². The smallest absolute Gasteiger partial charge is 0.119 e. The molecule has 4 rings (SSSR count). The average molecular weight is 340 g/mol. The lowest BCUT2D eigenvalue weighted by molar-refractivity contribution is -0.0328. The van der Waals surface area contributed by atoms with E-state index in [0.717, 1.165) is 32.0 Å². The first-order valence-corrected chi connectivity index (χ1v) is 9.00. The molecule has 5 heteroatoms. The van der Waals surface area contributed by atoms with Gasteiger partial charge in [-0.05, 0) is 34.5 Å². The Morgan fingerprint density at radius 3 is 2.96 bits per heavy atom. The van der Waals surface area contributed by atoms with Crippen molar-refractivity contribution in [1.82, 2.24) is 9.88 Å². The first kappa shape index (κ1) is 15.6. The molecule has 1 fully saturated rings. The van der Waals surface area contributed by atoms with Gasteiger partial charge in [-0.15, -0.1) is 11.3 Å². The topological polar surface area (TPSA) is 34.6 Å². The molecule has 2 aromatic carbocycles. The van der Waals surface area contributed by atoms with Crippen molar-refractivity contribution in [3.63, 3.8) is 0 Å². The standard InChI is InChI=1S/C19H20N2O2S/c1-22-17-5-4-14-10-16(3-2-15(14)11-17)18-12-21(7-8-23-18)13-19-20-6-9-24-19/h2-6,9-11,18H,7-8,12-13H2,1H3. The number of nitrogens with zero attached hydrogens (tertiary/aromatic N) is 2. The van der Waals surface area contributed by atoms with Gasteiger partial charge in [-0.2, -0.15) is 0 Å². The van der Waals surface area contributed by atoms with Gasteiger partial charge < -0.3 is 9.47 Å². The number of ether oxygens (including phenoxy) is 2. The van der Waals surface area contributed by atoms with E-state index >= 15 is 0 Å². The van der Waals surface area contributed by atoms with Gasteiger partial charge in [-0.25, -0.2) is 4.98 Å². The third-order valence-corrected chi connectivity index (χ3v) is 5.20. The zero-order valence-corrected chi connectivity index (χ0v) is 14.5. The Morgan fingerprint density at radius 2 is 2.12 bits per heavy atom. The number of hydrogen-bond acceptors (Lipinski definition) is 5. The number of thiazole rings is 1. The third kappa shape index (κ3) is 3.29. The molecule has 24 heavy (non-hydrogen) atoms. The zero-order chi connectivity index (χ0) is 16.4. The minimum atomic E-state index is 0.116. The van der Waals surface area contributed by atoms with E-state index in [0.29, 0.717) is 0 Å². The summed E-state index contributed by atoms with van der Waals surface area (Å²) >= 11 is 1.71. The lowest BCUT2D eigenvalue weighted by Crippen LogP contribution is -2.37. The van der Waals surface area contributed by atoms with Crippen LogP contribution in [-0.2, 0) is 11.3 Å². The van der Waals surface area contributed by atoms with Crippen LogP contribution in [0.1, 0.15) is 16.7 Å². The number of hydrogen-bond donors (Lipinski definition) is 0. The average Bonchev–Trinajstić information content (AvgIpc) is 3.14. The summed E-state index contributed by atoms with van der Waals surface area (Å²) in [6.45, 7) is 3.53. The van der Waals surface area contributed by atoms with Gasteiger partial charge in [0.1, 0.15) is 10.8 Å². The maximum Gasteiger partial charge on any atom is 0.119 e. The predicted octanol–water partition coefficient (Wildman–Crippen LogP) is 3.88. The Labute approximate surface area is 145 Å². The summed E-state index contributed by atoms with van der Waals surface area (Å²) in [5, 5.41) is 5.61. The minimum Gasteiger partial charge on any atom is -0.497 e. The molecule has 1 saturated heterocycles. The van der Waals surface area contributed by atoms with Crippen LogP contribution in [0, 0.1) is 0 Å². The highest BCUT2D eigenvalue weighted by atomic mass is 32.1. The number of morpholine rings is 1. The van der Waals surface area contributed by atoms with Crippen molar-refractivity contribution in [3.05, 3.63) is 58.5 Å². The zero-order valence-electron chi connectivity index (χ0n) is 13.6. The molecular weight excluding hydrogens is 320 g/mol. The summed E-state index contributed by atoms with van der Waals surface area (Å²) in [6, 6.07) is 12.7. The molecule has 0 aliphatic carbocycles. The van der Waals surface area contributed by atoms with Crippen molar-refractivity contribution >= 4 is 22.1 Å². The highest BCUT2D eigenvalue weighted by molar-refractivity contribution is 7.09. The van der Waals surface area contributed by atoms with Crippen LogP contribution in [0.2, 0.25) is 0 Å². The molecule has 1 aromatic heterocycles. The van der Waals surface area contributed by atoms with E-state index in [-0.39, 0.29) is 6.10 Å². The Balaban J connectivity index is 1.53. The van der Waals surface area contributed by atoms with Crippen molar-refractivity contribution < 1.29 is 9.47 Å². The second kappa shape index (κ2) is 6.89. The quantitative estimate of drug-likeness (QED) is 0.722. The SMILES string of the molecule is COc1ccc2cc(C3CN(Cc4nccs4)CCO3)ccc2c1. The van der Waals surface area contributed by atoms with E-state index in [1.807, 2.05) is 17.6 Å². The van der Waals surface area contributed by atoms with Crippen molar-refractivity contribution in [2.75, 3.05) is 26.8 Å². The highest BCUT2D eigenvalue weighted by Crippen LogP contribution is 2.28. The van der Waals surface area contributed by atoms with Gasteiger partial charge in [-0.3, -0.25) is 4.90 Å². The van der Waals surface area contributed by atoms with Gasteiger partial charge in [0.05, 0.1) is 26.4 Å². The van der Waals surface area contributed by atoms with Crippen LogP contribution in [0.4, 0.5) is 0 Å². The lowest BCUT2D eigenvalue weighted by atomic mass is 10.0. The van der Waals surface area contributed by atoms with Gasteiger partial charge >= 0.3 is 0 Å². The molecule has 1 unspecified atom stereocenters. The van der Waals surface area contributed by atoms with E-state index < -0.39 is 0 Å². The van der Waals surface area contributed by atoms with E-state index in [1.165, 1.54) is 21.3 Å². The maximum atomic E-state index is 6.02. The molecule has 124 valence electrons. The van der Waals surface area contributed by atoms with Crippen LogP contribution in [0.15, 0.2) is 48.0 Å². The van der Waals surface area contributed by atoms with Crippen LogP contribution in [0.5, 0.6) is 5.75 Å². The molecule has 3 aromatic rings. The van der Waals surface area contributed by atoms with E-state index in [2.05, 4.69) is 40.2 Å². The van der Waals surface area contributed by atoms with Crippen LogP contribution in [0.3, 0.4) is 0 Å². The van der Waals surface area contributed by atoms with Gasteiger partial charge in [0.15, 0.2) is 0 Å². The van der Waals surface area contributed by atoms with Crippen LogP contribution in [-0.4, -0.2) is 36.7 Å².